The van der Waals surface area contributed by atoms with Gasteiger partial charge in [-0.15, -0.1) is 0 Å². The minimum Gasteiger partial charge on any atom is -0.465 e. The van der Waals surface area contributed by atoms with Crippen LogP contribution in [-0.2, 0) is 20.8 Å². The molecular formula is C15H20N2O6. The van der Waals surface area contributed by atoms with Crippen molar-refractivity contribution in [3.63, 3.8) is 0 Å². The first-order valence-corrected chi connectivity index (χ1v) is 6.90. The topological polar surface area (TPSA) is 87.1 Å². The largest absolute Gasteiger partial charge is 0.465 e. The molecule has 1 aromatic rings. The Kier molecular flexibility index (Phi) is 4.74. The number of aromatic nitrogens is 1. The molecule has 2 aliphatic heterocycles. The molecule has 23 heavy (non-hydrogen) atoms. The van der Waals surface area contributed by atoms with Crippen LogP contribution in [0.1, 0.15) is 45.1 Å². The van der Waals surface area contributed by atoms with Crippen LogP contribution in [0.15, 0.2) is 6.20 Å². The van der Waals surface area contributed by atoms with Gasteiger partial charge in [0.1, 0.15) is 11.3 Å². The predicted molar refractivity (Wildman–Crippen MR) is 79.2 cm³/mol. The second kappa shape index (κ2) is 6.41. The molecular weight excluding hydrogens is 304 g/mol. The lowest BCUT2D eigenvalue weighted by molar-refractivity contribution is -0.0915. The van der Waals surface area contributed by atoms with Crippen molar-refractivity contribution in [1.29, 1.82) is 0 Å². The number of nitrogens with zero attached hydrogens (tertiary/aromatic N) is 2. The standard InChI is InChI=1S/C14H16N2O6.CH4/c1-20-13(18)8-6-15-7-9-16(4-3-5-22-9)12(17)11(15)10(8)14(19)21-2;/h6,9H,3-5,7H2,1-2H3;1H4. The van der Waals surface area contributed by atoms with Crippen LogP contribution in [0.2, 0.25) is 0 Å². The van der Waals surface area contributed by atoms with Crippen molar-refractivity contribution < 1.29 is 28.6 Å². The van der Waals surface area contributed by atoms with Gasteiger partial charge in [-0.05, 0) is 6.42 Å². The second-order valence-corrected chi connectivity index (χ2v) is 5.08. The van der Waals surface area contributed by atoms with E-state index < -0.39 is 11.9 Å². The Morgan fingerprint density at radius 3 is 2.61 bits per heavy atom. The molecule has 0 N–H and O–H groups in total. The maximum Gasteiger partial charge on any atom is 0.341 e. The Morgan fingerprint density at radius 2 is 1.96 bits per heavy atom. The van der Waals surface area contributed by atoms with Crippen molar-refractivity contribution in [3.8, 4) is 0 Å². The Labute approximate surface area is 133 Å². The number of hydrogen-bond donors (Lipinski definition) is 0. The highest BCUT2D eigenvalue weighted by Gasteiger charge is 2.40. The lowest BCUT2D eigenvalue weighted by atomic mass is 10.1. The zero-order chi connectivity index (χ0) is 15.9. The van der Waals surface area contributed by atoms with Crippen LogP contribution in [0, 0.1) is 0 Å². The third kappa shape index (κ3) is 2.59. The van der Waals surface area contributed by atoms with Gasteiger partial charge in [-0.2, -0.15) is 0 Å². The molecule has 1 aromatic heterocycles. The van der Waals surface area contributed by atoms with Crippen LogP contribution in [0.25, 0.3) is 0 Å². The fourth-order valence-electron chi connectivity index (χ4n) is 2.88. The van der Waals surface area contributed by atoms with Crippen LogP contribution in [0.3, 0.4) is 0 Å². The summed E-state index contributed by atoms with van der Waals surface area (Å²) in [6.45, 7) is 1.50. The van der Waals surface area contributed by atoms with E-state index in [-0.39, 0.29) is 36.4 Å². The summed E-state index contributed by atoms with van der Waals surface area (Å²) < 4.78 is 16.6. The number of methoxy groups -OCH3 is 2. The molecule has 0 saturated carbocycles. The van der Waals surface area contributed by atoms with Crippen LogP contribution in [0.5, 0.6) is 0 Å². The van der Waals surface area contributed by atoms with Crippen molar-refractivity contribution in [3.05, 3.63) is 23.0 Å². The normalized spacial score (nSPS) is 19.3. The van der Waals surface area contributed by atoms with E-state index in [2.05, 4.69) is 4.74 Å². The molecule has 3 heterocycles. The van der Waals surface area contributed by atoms with Gasteiger partial charge in [0.2, 0.25) is 0 Å². The highest BCUT2D eigenvalue weighted by molar-refractivity contribution is 6.11. The third-order valence-corrected chi connectivity index (χ3v) is 3.89. The van der Waals surface area contributed by atoms with E-state index >= 15 is 0 Å². The molecule has 1 saturated heterocycles. The molecule has 8 nitrogen and oxygen atoms in total. The summed E-state index contributed by atoms with van der Waals surface area (Å²) in [5, 5.41) is 0. The molecule has 3 rings (SSSR count). The summed E-state index contributed by atoms with van der Waals surface area (Å²) in [7, 11) is 2.42. The Balaban J connectivity index is 0.00000192. The van der Waals surface area contributed by atoms with Crippen LogP contribution in [-0.4, -0.2) is 60.9 Å². The van der Waals surface area contributed by atoms with Gasteiger partial charge >= 0.3 is 11.9 Å². The molecule has 8 heteroatoms. The van der Waals surface area contributed by atoms with Gasteiger partial charge in [-0.1, -0.05) is 7.43 Å². The monoisotopic (exact) mass is 324 g/mol. The zero-order valence-corrected chi connectivity index (χ0v) is 12.3. The molecule has 0 aliphatic carbocycles. The van der Waals surface area contributed by atoms with E-state index in [4.69, 9.17) is 9.47 Å². The minimum absolute atomic E-state index is 0. The van der Waals surface area contributed by atoms with E-state index in [0.717, 1.165) is 6.42 Å². The fraction of sp³-hybridized carbons (Fsp3) is 0.533. The summed E-state index contributed by atoms with van der Waals surface area (Å²) in [6.07, 6.45) is 1.80. The molecule has 0 aromatic carbocycles. The molecule has 1 atom stereocenters. The van der Waals surface area contributed by atoms with Crippen molar-refractivity contribution in [2.45, 2.75) is 26.6 Å². The Hall–Kier alpha value is -2.35. The Bertz CT molecular complexity index is 651. The molecule has 126 valence electrons. The van der Waals surface area contributed by atoms with E-state index in [1.165, 1.54) is 20.4 Å². The molecule has 0 bridgehead atoms. The van der Waals surface area contributed by atoms with Gasteiger partial charge in [-0.3, -0.25) is 4.79 Å². The molecule has 0 spiro atoms. The highest BCUT2D eigenvalue weighted by atomic mass is 16.5. The number of fused-ring (bicyclic) bond motifs is 2. The first kappa shape index (κ1) is 17.0. The molecule has 1 fully saturated rings. The second-order valence-electron chi connectivity index (χ2n) is 5.08. The summed E-state index contributed by atoms with van der Waals surface area (Å²) in [4.78, 5) is 38.2. The van der Waals surface area contributed by atoms with Gasteiger partial charge in [0.05, 0.1) is 32.9 Å². The summed E-state index contributed by atoms with van der Waals surface area (Å²) in [6, 6.07) is 0. The maximum absolute atomic E-state index is 12.7. The number of carbonyl (C=O) groups excluding carboxylic acids is 3. The molecule has 1 amide bonds. The summed E-state index contributed by atoms with van der Waals surface area (Å²) >= 11 is 0. The van der Waals surface area contributed by atoms with Gasteiger partial charge < -0.3 is 23.7 Å². The number of rotatable bonds is 2. The SMILES string of the molecule is C.COC(=O)c1cn2c(c1C(=O)OC)C(=O)N1CCCOC1C2. The zero-order valence-electron chi connectivity index (χ0n) is 12.3. The van der Waals surface area contributed by atoms with Gasteiger partial charge in [0.15, 0.2) is 6.23 Å². The van der Waals surface area contributed by atoms with Crippen molar-refractivity contribution in [2.24, 2.45) is 0 Å². The van der Waals surface area contributed by atoms with E-state index in [9.17, 15) is 14.4 Å². The average molecular weight is 324 g/mol. The van der Waals surface area contributed by atoms with Crippen LogP contribution < -0.4 is 0 Å². The molecule has 2 aliphatic rings. The third-order valence-electron chi connectivity index (χ3n) is 3.89. The smallest absolute Gasteiger partial charge is 0.341 e. The number of carbonyl (C=O) groups is 3. The van der Waals surface area contributed by atoms with E-state index in [1.807, 2.05) is 0 Å². The minimum atomic E-state index is -0.737. The molecule has 0 radical (unpaired) electrons. The Morgan fingerprint density at radius 1 is 1.26 bits per heavy atom. The highest BCUT2D eigenvalue weighted by Crippen LogP contribution is 2.28. The fourth-order valence-corrected chi connectivity index (χ4v) is 2.88. The average Bonchev–Trinajstić information content (AvgIpc) is 2.93. The van der Waals surface area contributed by atoms with Gasteiger partial charge in [0, 0.05) is 12.7 Å². The summed E-state index contributed by atoms with van der Waals surface area (Å²) in [5.41, 5.74) is 0.120. The lowest BCUT2D eigenvalue weighted by Crippen LogP contribution is -2.52. The van der Waals surface area contributed by atoms with E-state index in [1.54, 1.807) is 9.47 Å². The maximum atomic E-state index is 12.7. The van der Waals surface area contributed by atoms with Gasteiger partial charge in [0.25, 0.3) is 5.91 Å². The molecule has 1 unspecified atom stereocenters. The first-order chi connectivity index (χ1) is 10.6. The van der Waals surface area contributed by atoms with Crippen LogP contribution >= 0.6 is 0 Å². The van der Waals surface area contributed by atoms with Gasteiger partial charge in [-0.25, -0.2) is 9.59 Å². The predicted octanol–water partition coefficient (Wildman–Crippen LogP) is 0.900. The lowest BCUT2D eigenvalue weighted by Gasteiger charge is -2.39. The number of esters is 2. The van der Waals surface area contributed by atoms with Crippen molar-refractivity contribution in [1.82, 2.24) is 9.47 Å². The van der Waals surface area contributed by atoms with Crippen molar-refractivity contribution >= 4 is 17.8 Å². The van der Waals surface area contributed by atoms with Crippen molar-refractivity contribution in [2.75, 3.05) is 27.4 Å². The quantitative estimate of drug-likeness (QED) is 0.751. The first-order valence-electron chi connectivity index (χ1n) is 6.90. The number of hydrogen-bond acceptors (Lipinski definition) is 6. The number of ether oxygens (including phenoxy) is 3. The summed E-state index contributed by atoms with van der Waals surface area (Å²) in [5.74, 6) is -1.76. The number of amides is 1. The van der Waals surface area contributed by atoms with E-state index in [0.29, 0.717) is 19.7 Å². The van der Waals surface area contributed by atoms with Crippen LogP contribution in [0.4, 0.5) is 0 Å².